The number of hydrogen-bond acceptors (Lipinski definition) is 4. The Morgan fingerprint density at radius 1 is 1.36 bits per heavy atom. The lowest BCUT2D eigenvalue weighted by molar-refractivity contribution is -0.128. The van der Waals surface area contributed by atoms with Crippen LogP contribution in [0.4, 0.5) is 4.79 Å². The molecule has 0 spiro atoms. The first-order valence-electron chi connectivity index (χ1n) is 7.33. The van der Waals surface area contributed by atoms with Gasteiger partial charge in [-0.1, -0.05) is 30.3 Å². The summed E-state index contributed by atoms with van der Waals surface area (Å²) in [6.07, 6.45) is 0.0659. The van der Waals surface area contributed by atoms with E-state index in [1.54, 1.807) is 14.0 Å². The Bertz CT molecular complexity index is 520. The molecule has 120 valence electrons. The summed E-state index contributed by atoms with van der Waals surface area (Å²) in [6, 6.07) is 9.45. The van der Waals surface area contributed by atoms with E-state index in [4.69, 9.17) is 9.47 Å². The molecular weight excluding hydrogens is 284 g/mol. The maximum atomic E-state index is 12.4. The summed E-state index contributed by atoms with van der Waals surface area (Å²) in [4.78, 5) is 26.0. The van der Waals surface area contributed by atoms with Crippen molar-refractivity contribution < 1.29 is 19.1 Å². The van der Waals surface area contributed by atoms with Crippen molar-refractivity contribution in [2.75, 3.05) is 26.8 Å². The monoisotopic (exact) mass is 306 g/mol. The second kappa shape index (κ2) is 7.26. The van der Waals surface area contributed by atoms with Crippen LogP contribution in [0.1, 0.15) is 18.9 Å². The van der Waals surface area contributed by atoms with E-state index in [2.05, 4.69) is 5.32 Å². The number of benzene rings is 1. The van der Waals surface area contributed by atoms with Crippen molar-refractivity contribution in [2.45, 2.75) is 25.5 Å². The fourth-order valence-electron chi connectivity index (χ4n) is 2.50. The lowest BCUT2D eigenvalue weighted by Crippen LogP contribution is -2.55. The van der Waals surface area contributed by atoms with Crippen molar-refractivity contribution in [1.29, 1.82) is 0 Å². The number of ether oxygens (including phenoxy) is 2. The molecule has 1 aromatic rings. The van der Waals surface area contributed by atoms with E-state index in [0.717, 1.165) is 5.56 Å². The largest absolute Gasteiger partial charge is 0.445 e. The van der Waals surface area contributed by atoms with Gasteiger partial charge in [0.1, 0.15) is 12.1 Å². The summed E-state index contributed by atoms with van der Waals surface area (Å²) in [5.74, 6) is -0.153. The van der Waals surface area contributed by atoms with Crippen molar-refractivity contribution in [3.05, 3.63) is 35.9 Å². The highest BCUT2D eigenvalue weighted by Crippen LogP contribution is 2.25. The number of hydrogen-bond donors (Lipinski definition) is 1. The normalized spacial score (nSPS) is 20.5. The first kappa shape index (κ1) is 16.3. The zero-order valence-corrected chi connectivity index (χ0v) is 13.0. The van der Waals surface area contributed by atoms with Crippen LogP contribution in [-0.2, 0) is 20.9 Å². The Morgan fingerprint density at radius 2 is 2.09 bits per heavy atom. The average molecular weight is 306 g/mol. The maximum absolute atomic E-state index is 12.4. The van der Waals surface area contributed by atoms with E-state index in [1.165, 1.54) is 4.90 Å². The van der Waals surface area contributed by atoms with Crippen molar-refractivity contribution in [1.82, 2.24) is 10.2 Å². The summed E-state index contributed by atoms with van der Waals surface area (Å²) in [5.41, 5.74) is 0.0234. The van der Waals surface area contributed by atoms with Crippen LogP contribution in [0.25, 0.3) is 0 Å². The molecule has 0 radical (unpaired) electrons. The van der Waals surface area contributed by atoms with Gasteiger partial charge in [-0.2, -0.15) is 0 Å². The van der Waals surface area contributed by atoms with E-state index >= 15 is 0 Å². The molecule has 22 heavy (non-hydrogen) atoms. The van der Waals surface area contributed by atoms with Gasteiger partial charge in [0, 0.05) is 20.2 Å². The maximum Gasteiger partial charge on any atom is 0.411 e. The third-order valence-electron chi connectivity index (χ3n) is 3.93. The number of amides is 2. The van der Waals surface area contributed by atoms with Crippen LogP contribution in [0.15, 0.2) is 30.3 Å². The van der Waals surface area contributed by atoms with Crippen LogP contribution in [0.5, 0.6) is 0 Å². The van der Waals surface area contributed by atoms with Crippen molar-refractivity contribution >= 4 is 12.0 Å². The van der Waals surface area contributed by atoms with Gasteiger partial charge in [0.25, 0.3) is 0 Å². The molecule has 1 unspecified atom stereocenters. The van der Waals surface area contributed by atoms with Gasteiger partial charge in [0.05, 0.1) is 6.61 Å². The minimum atomic E-state index is -0.883. The molecule has 1 aliphatic heterocycles. The third kappa shape index (κ3) is 3.57. The zero-order valence-electron chi connectivity index (χ0n) is 13.0. The van der Waals surface area contributed by atoms with Crippen molar-refractivity contribution in [3.8, 4) is 0 Å². The Morgan fingerprint density at radius 3 is 2.68 bits per heavy atom. The Labute approximate surface area is 130 Å². The molecule has 1 aromatic carbocycles. The van der Waals surface area contributed by atoms with Gasteiger partial charge in [-0.05, 0) is 18.9 Å². The molecule has 1 fully saturated rings. The summed E-state index contributed by atoms with van der Waals surface area (Å²) >= 11 is 0. The fraction of sp³-hybridized carbons (Fsp3) is 0.500. The highest BCUT2D eigenvalue weighted by molar-refractivity contribution is 5.91. The highest BCUT2D eigenvalue weighted by atomic mass is 16.6. The van der Waals surface area contributed by atoms with Gasteiger partial charge >= 0.3 is 6.09 Å². The SMILES string of the molecule is COCCN(C(=O)OCc1ccccc1)C1(C)CCNC1=O. The van der Waals surface area contributed by atoms with Crippen LogP contribution in [0, 0.1) is 0 Å². The predicted molar refractivity (Wildman–Crippen MR) is 81.2 cm³/mol. The van der Waals surface area contributed by atoms with E-state index in [9.17, 15) is 9.59 Å². The first-order valence-corrected chi connectivity index (χ1v) is 7.33. The summed E-state index contributed by atoms with van der Waals surface area (Å²) in [6.45, 7) is 3.16. The topological polar surface area (TPSA) is 67.9 Å². The number of methoxy groups -OCH3 is 1. The van der Waals surface area contributed by atoms with E-state index in [1.807, 2.05) is 30.3 Å². The Hall–Kier alpha value is -2.08. The Balaban J connectivity index is 2.04. The van der Waals surface area contributed by atoms with E-state index in [0.29, 0.717) is 26.1 Å². The number of carbonyl (C=O) groups excluding carboxylic acids is 2. The summed E-state index contributed by atoms with van der Waals surface area (Å²) < 4.78 is 10.4. The molecule has 2 amide bonds. The average Bonchev–Trinajstić information content (AvgIpc) is 2.87. The first-order chi connectivity index (χ1) is 10.6. The number of nitrogens with zero attached hydrogens (tertiary/aromatic N) is 1. The lowest BCUT2D eigenvalue weighted by Gasteiger charge is -2.35. The highest BCUT2D eigenvalue weighted by Gasteiger charge is 2.45. The lowest BCUT2D eigenvalue weighted by atomic mass is 9.98. The van der Waals surface area contributed by atoms with Gasteiger partial charge in [-0.3, -0.25) is 9.69 Å². The van der Waals surface area contributed by atoms with Gasteiger partial charge in [0.15, 0.2) is 0 Å². The number of nitrogens with one attached hydrogen (secondary N) is 1. The minimum absolute atomic E-state index is 0.153. The van der Waals surface area contributed by atoms with Crippen LogP contribution in [-0.4, -0.2) is 49.2 Å². The number of rotatable bonds is 6. The van der Waals surface area contributed by atoms with Gasteiger partial charge < -0.3 is 14.8 Å². The molecule has 1 N–H and O–H groups in total. The van der Waals surface area contributed by atoms with Crippen LogP contribution in [0.3, 0.4) is 0 Å². The molecule has 0 bridgehead atoms. The fourth-order valence-corrected chi connectivity index (χ4v) is 2.50. The molecule has 2 rings (SSSR count). The Kier molecular flexibility index (Phi) is 5.38. The van der Waals surface area contributed by atoms with Crippen LogP contribution < -0.4 is 5.32 Å². The standard InChI is InChI=1S/C16H22N2O4/c1-16(8-9-17-14(16)19)18(10-11-21-2)15(20)22-12-13-6-4-3-5-7-13/h3-7H,8-12H2,1-2H3,(H,17,19). The molecule has 1 heterocycles. The molecule has 0 aromatic heterocycles. The molecule has 1 saturated heterocycles. The van der Waals surface area contributed by atoms with Crippen molar-refractivity contribution in [2.24, 2.45) is 0 Å². The number of carbonyl (C=O) groups is 2. The smallest absolute Gasteiger partial charge is 0.411 e. The molecule has 1 aliphatic rings. The summed E-state index contributed by atoms with van der Waals surface area (Å²) in [5, 5.41) is 2.77. The zero-order chi connectivity index (χ0) is 16.0. The van der Waals surface area contributed by atoms with Gasteiger partial charge in [-0.15, -0.1) is 0 Å². The second-order valence-corrected chi connectivity index (χ2v) is 5.46. The molecular formula is C16H22N2O4. The quantitative estimate of drug-likeness (QED) is 0.866. The minimum Gasteiger partial charge on any atom is -0.445 e. The van der Waals surface area contributed by atoms with Gasteiger partial charge in [0.2, 0.25) is 5.91 Å². The van der Waals surface area contributed by atoms with Crippen molar-refractivity contribution in [3.63, 3.8) is 0 Å². The van der Waals surface area contributed by atoms with Crippen LogP contribution in [0.2, 0.25) is 0 Å². The predicted octanol–water partition coefficient (Wildman–Crippen LogP) is 1.55. The molecule has 1 atom stereocenters. The van der Waals surface area contributed by atoms with Gasteiger partial charge in [-0.25, -0.2) is 4.79 Å². The molecule has 6 nitrogen and oxygen atoms in total. The molecule has 0 saturated carbocycles. The third-order valence-corrected chi connectivity index (χ3v) is 3.93. The molecule has 6 heteroatoms. The van der Waals surface area contributed by atoms with E-state index in [-0.39, 0.29) is 12.5 Å². The molecule has 0 aliphatic carbocycles. The summed E-state index contributed by atoms with van der Waals surface area (Å²) in [7, 11) is 1.56. The second-order valence-electron chi connectivity index (χ2n) is 5.46. The van der Waals surface area contributed by atoms with E-state index < -0.39 is 11.6 Å². The van der Waals surface area contributed by atoms with Crippen LogP contribution >= 0.6 is 0 Å².